The molecule has 0 amide bonds. The Kier molecular flexibility index (Phi) is 5.72. The Hall–Kier alpha value is -1.18. The Balaban J connectivity index is 2.54. The van der Waals surface area contributed by atoms with Crippen molar-refractivity contribution in [3.05, 3.63) is 23.8 Å². The molecule has 0 fully saturated rings. The van der Waals surface area contributed by atoms with Crippen LogP contribution < -0.4 is 0 Å². The van der Waals surface area contributed by atoms with Gasteiger partial charge in [-0.05, 0) is 59.8 Å². The van der Waals surface area contributed by atoms with Gasteiger partial charge in [0.2, 0.25) is 0 Å². The summed E-state index contributed by atoms with van der Waals surface area (Å²) < 4.78 is 0. The Bertz CT molecular complexity index is 436. The van der Waals surface area contributed by atoms with Gasteiger partial charge in [0.05, 0.1) is 0 Å². The molecule has 1 rings (SSSR count). The number of phenols is 2. The van der Waals surface area contributed by atoms with Crippen molar-refractivity contribution < 1.29 is 10.2 Å². The van der Waals surface area contributed by atoms with Gasteiger partial charge in [0.1, 0.15) is 11.5 Å². The molecule has 0 atom stereocenters. The van der Waals surface area contributed by atoms with E-state index in [-0.39, 0.29) is 11.5 Å². The maximum atomic E-state index is 9.79. The SMILES string of the molecule is CC(C)(C)C(CCCCc1cc(O)ccc1O)C(C)(C)C. The zero-order valence-electron chi connectivity index (χ0n) is 14.5. The monoisotopic (exact) mass is 292 g/mol. The molecule has 1 aromatic rings. The van der Waals surface area contributed by atoms with Crippen molar-refractivity contribution in [2.75, 3.05) is 0 Å². The highest BCUT2D eigenvalue weighted by molar-refractivity contribution is 5.38. The number of unbranched alkanes of at least 4 members (excludes halogenated alkanes) is 1. The van der Waals surface area contributed by atoms with Crippen molar-refractivity contribution in [3.8, 4) is 11.5 Å². The first-order valence-corrected chi connectivity index (χ1v) is 8.02. The minimum atomic E-state index is 0.227. The summed E-state index contributed by atoms with van der Waals surface area (Å²) in [5.74, 6) is 1.18. The Morgan fingerprint density at radius 2 is 1.48 bits per heavy atom. The first-order valence-electron chi connectivity index (χ1n) is 8.02. The van der Waals surface area contributed by atoms with Crippen LogP contribution >= 0.6 is 0 Å². The molecule has 0 aliphatic rings. The van der Waals surface area contributed by atoms with Crippen molar-refractivity contribution in [2.45, 2.75) is 67.2 Å². The second-order valence-electron chi connectivity index (χ2n) is 8.34. The van der Waals surface area contributed by atoms with Crippen LogP contribution in [0.2, 0.25) is 0 Å². The summed E-state index contributed by atoms with van der Waals surface area (Å²) in [5, 5.41) is 19.3. The first kappa shape index (κ1) is 17.9. The molecule has 0 unspecified atom stereocenters. The van der Waals surface area contributed by atoms with Gasteiger partial charge in [0.15, 0.2) is 0 Å². The Labute approximate surface area is 130 Å². The molecule has 0 aliphatic carbocycles. The number of aromatic hydroxyl groups is 2. The zero-order valence-corrected chi connectivity index (χ0v) is 14.5. The van der Waals surface area contributed by atoms with Gasteiger partial charge in [-0.2, -0.15) is 0 Å². The van der Waals surface area contributed by atoms with Crippen molar-refractivity contribution >= 4 is 0 Å². The fourth-order valence-electron chi connectivity index (χ4n) is 3.60. The maximum Gasteiger partial charge on any atom is 0.119 e. The minimum Gasteiger partial charge on any atom is -0.508 e. The summed E-state index contributed by atoms with van der Waals surface area (Å²) in [6, 6.07) is 4.76. The van der Waals surface area contributed by atoms with Gasteiger partial charge in [-0.25, -0.2) is 0 Å². The highest BCUT2D eigenvalue weighted by Gasteiger charge is 2.33. The van der Waals surface area contributed by atoms with Crippen LogP contribution in [0, 0.1) is 16.7 Å². The quantitative estimate of drug-likeness (QED) is 0.554. The van der Waals surface area contributed by atoms with Crippen LogP contribution in [0.5, 0.6) is 11.5 Å². The summed E-state index contributed by atoms with van der Waals surface area (Å²) in [4.78, 5) is 0. The van der Waals surface area contributed by atoms with E-state index in [9.17, 15) is 10.2 Å². The average Bonchev–Trinajstić information content (AvgIpc) is 2.29. The van der Waals surface area contributed by atoms with Crippen LogP contribution in [-0.4, -0.2) is 10.2 Å². The van der Waals surface area contributed by atoms with Gasteiger partial charge in [-0.1, -0.05) is 48.0 Å². The molecule has 2 heteroatoms. The highest BCUT2D eigenvalue weighted by atomic mass is 16.3. The lowest BCUT2D eigenvalue weighted by atomic mass is 9.64. The predicted molar refractivity (Wildman–Crippen MR) is 89.7 cm³/mol. The van der Waals surface area contributed by atoms with E-state index in [1.165, 1.54) is 12.5 Å². The standard InChI is InChI=1S/C19H32O2/c1-18(2,3)17(19(4,5)6)10-8-7-9-14-13-15(20)11-12-16(14)21/h11-13,17,20-21H,7-10H2,1-6H3. The second-order valence-corrected chi connectivity index (χ2v) is 8.34. The molecule has 2 nitrogen and oxygen atoms in total. The smallest absolute Gasteiger partial charge is 0.119 e. The van der Waals surface area contributed by atoms with Crippen LogP contribution in [0.3, 0.4) is 0 Å². The van der Waals surface area contributed by atoms with Crippen molar-refractivity contribution in [1.82, 2.24) is 0 Å². The van der Waals surface area contributed by atoms with Crippen LogP contribution in [0.15, 0.2) is 18.2 Å². The topological polar surface area (TPSA) is 40.5 Å². The number of aryl methyl sites for hydroxylation is 1. The summed E-state index contributed by atoms with van der Waals surface area (Å²) in [7, 11) is 0. The van der Waals surface area contributed by atoms with E-state index in [1.807, 2.05) is 0 Å². The van der Waals surface area contributed by atoms with Gasteiger partial charge < -0.3 is 10.2 Å². The average molecular weight is 292 g/mol. The number of benzene rings is 1. The lowest BCUT2D eigenvalue weighted by Crippen LogP contribution is -2.32. The van der Waals surface area contributed by atoms with Gasteiger partial charge in [0.25, 0.3) is 0 Å². The van der Waals surface area contributed by atoms with Crippen molar-refractivity contribution in [3.63, 3.8) is 0 Å². The first-order chi connectivity index (χ1) is 9.51. The summed E-state index contributed by atoms with van der Waals surface area (Å²) in [6.07, 6.45) is 4.21. The second kappa shape index (κ2) is 6.72. The summed E-state index contributed by atoms with van der Waals surface area (Å²) >= 11 is 0. The van der Waals surface area contributed by atoms with E-state index >= 15 is 0 Å². The molecule has 0 heterocycles. The van der Waals surface area contributed by atoms with Crippen LogP contribution in [0.4, 0.5) is 0 Å². The molecule has 0 aliphatic heterocycles. The molecule has 120 valence electrons. The molecule has 0 aromatic heterocycles. The lowest BCUT2D eigenvalue weighted by Gasteiger charge is -2.41. The van der Waals surface area contributed by atoms with Gasteiger partial charge in [-0.15, -0.1) is 0 Å². The number of hydrogen-bond acceptors (Lipinski definition) is 2. The fraction of sp³-hybridized carbons (Fsp3) is 0.684. The molecule has 0 spiro atoms. The van der Waals surface area contributed by atoms with Crippen molar-refractivity contribution in [1.29, 1.82) is 0 Å². The summed E-state index contributed by atoms with van der Waals surface area (Å²) in [5.41, 5.74) is 1.47. The molecule has 1 aromatic carbocycles. The Morgan fingerprint density at radius 3 is 2.00 bits per heavy atom. The molecule has 0 saturated carbocycles. The van der Waals surface area contributed by atoms with Crippen molar-refractivity contribution in [2.24, 2.45) is 16.7 Å². The van der Waals surface area contributed by atoms with Crippen LogP contribution in [-0.2, 0) is 6.42 Å². The van der Waals surface area contributed by atoms with Gasteiger partial charge in [-0.3, -0.25) is 0 Å². The van der Waals surface area contributed by atoms with E-state index in [1.54, 1.807) is 12.1 Å². The normalized spacial score (nSPS) is 12.9. The minimum absolute atomic E-state index is 0.227. The van der Waals surface area contributed by atoms with E-state index in [2.05, 4.69) is 41.5 Å². The molecular formula is C19H32O2. The molecule has 2 N–H and O–H groups in total. The zero-order chi connectivity index (χ0) is 16.3. The number of hydrogen-bond donors (Lipinski definition) is 2. The summed E-state index contributed by atoms with van der Waals surface area (Å²) in [6.45, 7) is 13.9. The molecule has 0 radical (unpaired) electrons. The molecular weight excluding hydrogens is 260 g/mol. The van der Waals surface area contributed by atoms with E-state index in [0.717, 1.165) is 24.8 Å². The van der Waals surface area contributed by atoms with E-state index in [0.29, 0.717) is 16.7 Å². The van der Waals surface area contributed by atoms with Gasteiger partial charge in [0, 0.05) is 0 Å². The molecule has 0 bridgehead atoms. The van der Waals surface area contributed by atoms with Gasteiger partial charge >= 0.3 is 0 Å². The third kappa shape index (κ3) is 5.61. The van der Waals surface area contributed by atoms with E-state index in [4.69, 9.17) is 0 Å². The molecule has 0 saturated heterocycles. The molecule has 21 heavy (non-hydrogen) atoms. The third-order valence-electron chi connectivity index (χ3n) is 4.34. The predicted octanol–water partition coefficient (Wildman–Crippen LogP) is 5.52. The highest BCUT2D eigenvalue weighted by Crippen LogP contribution is 2.43. The van der Waals surface area contributed by atoms with Crippen LogP contribution in [0.25, 0.3) is 0 Å². The lowest BCUT2D eigenvalue weighted by molar-refractivity contribution is 0.0901. The van der Waals surface area contributed by atoms with E-state index < -0.39 is 0 Å². The largest absolute Gasteiger partial charge is 0.508 e. The number of rotatable bonds is 5. The Morgan fingerprint density at radius 1 is 0.905 bits per heavy atom. The number of phenolic OH excluding ortho intramolecular Hbond substituents is 2. The third-order valence-corrected chi connectivity index (χ3v) is 4.34. The fourth-order valence-corrected chi connectivity index (χ4v) is 3.60. The van der Waals surface area contributed by atoms with Crippen LogP contribution in [0.1, 0.15) is 66.4 Å². The maximum absolute atomic E-state index is 9.79.